The number of anilines is 1. The number of hydrogen-bond acceptors (Lipinski definition) is 3. The number of aliphatic hydroxyl groups is 1. The quantitative estimate of drug-likeness (QED) is 0.881. The Kier molecular flexibility index (Phi) is 3.40. The number of benzene rings is 1. The first kappa shape index (κ1) is 13.1. The van der Waals surface area contributed by atoms with E-state index >= 15 is 0 Å². The average molecular weight is 270 g/mol. The molecule has 4 nitrogen and oxygen atoms in total. The Balaban J connectivity index is 1.92. The van der Waals surface area contributed by atoms with Crippen molar-refractivity contribution in [2.24, 2.45) is 5.92 Å². The van der Waals surface area contributed by atoms with Crippen LogP contribution < -0.4 is 5.32 Å². The van der Waals surface area contributed by atoms with E-state index in [2.05, 4.69) is 10.3 Å². The third kappa shape index (κ3) is 2.39. The van der Waals surface area contributed by atoms with E-state index in [4.69, 9.17) is 0 Å². The Morgan fingerprint density at radius 3 is 3.00 bits per heavy atom. The van der Waals surface area contributed by atoms with Crippen molar-refractivity contribution in [2.75, 3.05) is 5.32 Å². The highest BCUT2D eigenvalue weighted by molar-refractivity contribution is 6.01. The van der Waals surface area contributed by atoms with Gasteiger partial charge in [0.2, 0.25) is 5.91 Å². The number of aryl methyl sites for hydroxylation is 1. The van der Waals surface area contributed by atoms with Gasteiger partial charge in [-0.05, 0) is 49.9 Å². The van der Waals surface area contributed by atoms with Crippen molar-refractivity contribution in [3.8, 4) is 0 Å². The van der Waals surface area contributed by atoms with Gasteiger partial charge in [-0.3, -0.25) is 9.78 Å². The number of hydrogen-bond donors (Lipinski definition) is 2. The van der Waals surface area contributed by atoms with Gasteiger partial charge in [-0.2, -0.15) is 0 Å². The molecule has 3 rings (SSSR count). The van der Waals surface area contributed by atoms with Gasteiger partial charge in [0, 0.05) is 11.6 Å². The van der Waals surface area contributed by atoms with Crippen LogP contribution in [0.2, 0.25) is 0 Å². The van der Waals surface area contributed by atoms with Crippen LogP contribution in [0, 0.1) is 12.8 Å². The number of pyridine rings is 1. The summed E-state index contributed by atoms with van der Waals surface area (Å²) in [7, 11) is 0. The van der Waals surface area contributed by atoms with Gasteiger partial charge in [-0.15, -0.1) is 0 Å². The standard InChI is InChI=1S/C16H18N2O2/c1-10-8-11-4-3-7-17-15(11)13(9-10)18-16(20)12-5-2-6-14(12)19/h3-4,7-9,12,14,19H,2,5-6H2,1H3,(H,18,20). The number of rotatable bonds is 2. The summed E-state index contributed by atoms with van der Waals surface area (Å²) in [4.78, 5) is 16.6. The van der Waals surface area contributed by atoms with Gasteiger partial charge < -0.3 is 10.4 Å². The second-order valence-electron chi connectivity index (χ2n) is 5.48. The molecule has 4 heteroatoms. The summed E-state index contributed by atoms with van der Waals surface area (Å²) < 4.78 is 0. The highest BCUT2D eigenvalue weighted by atomic mass is 16.3. The van der Waals surface area contributed by atoms with Crippen LogP contribution in [0.5, 0.6) is 0 Å². The van der Waals surface area contributed by atoms with E-state index in [1.54, 1.807) is 6.20 Å². The zero-order valence-corrected chi connectivity index (χ0v) is 11.5. The van der Waals surface area contributed by atoms with E-state index < -0.39 is 6.10 Å². The smallest absolute Gasteiger partial charge is 0.230 e. The Bertz CT molecular complexity index is 654. The number of nitrogens with one attached hydrogen (secondary N) is 1. The molecule has 2 aromatic rings. The van der Waals surface area contributed by atoms with Crippen LogP contribution >= 0.6 is 0 Å². The maximum absolute atomic E-state index is 12.3. The average Bonchev–Trinajstić information content (AvgIpc) is 2.85. The normalized spacial score (nSPS) is 22.1. The Morgan fingerprint density at radius 1 is 1.40 bits per heavy atom. The van der Waals surface area contributed by atoms with Crippen LogP contribution in [-0.2, 0) is 4.79 Å². The molecular formula is C16H18N2O2. The number of aromatic nitrogens is 1. The number of nitrogens with zero attached hydrogens (tertiary/aromatic N) is 1. The van der Waals surface area contributed by atoms with Crippen molar-refractivity contribution in [1.82, 2.24) is 4.98 Å². The fraction of sp³-hybridized carbons (Fsp3) is 0.375. The molecule has 1 aromatic carbocycles. The zero-order valence-electron chi connectivity index (χ0n) is 11.5. The molecule has 1 fully saturated rings. The summed E-state index contributed by atoms with van der Waals surface area (Å²) in [6, 6.07) is 7.83. The summed E-state index contributed by atoms with van der Waals surface area (Å²) in [6.07, 6.45) is 3.58. The second-order valence-corrected chi connectivity index (χ2v) is 5.48. The molecule has 104 valence electrons. The number of carbonyl (C=O) groups excluding carboxylic acids is 1. The fourth-order valence-electron chi connectivity index (χ4n) is 2.91. The van der Waals surface area contributed by atoms with Crippen molar-refractivity contribution in [2.45, 2.75) is 32.3 Å². The van der Waals surface area contributed by atoms with Crippen LogP contribution in [0.3, 0.4) is 0 Å². The maximum Gasteiger partial charge on any atom is 0.230 e. The van der Waals surface area contributed by atoms with E-state index in [0.717, 1.165) is 35.0 Å². The van der Waals surface area contributed by atoms with Crippen molar-refractivity contribution >= 4 is 22.5 Å². The second kappa shape index (κ2) is 5.21. The third-order valence-corrected chi connectivity index (χ3v) is 3.92. The highest BCUT2D eigenvalue weighted by Crippen LogP contribution is 2.29. The van der Waals surface area contributed by atoms with Gasteiger partial charge in [0.25, 0.3) is 0 Å². The summed E-state index contributed by atoms with van der Waals surface area (Å²) in [5, 5.41) is 13.8. The van der Waals surface area contributed by atoms with Crippen LogP contribution in [0.4, 0.5) is 5.69 Å². The lowest BCUT2D eigenvalue weighted by atomic mass is 10.0. The monoisotopic (exact) mass is 270 g/mol. The summed E-state index contributed by atoms with van der Waals surface area (Å²) >= 11 is 0. The first-order chi connectivity index (χ1) is 9.65. The third-order valence-electron chi connectivity index (χ3n) is 3.92. The van der Waals surface area contributed by atoms with Crippen molar-refractivity contribution in [3.05, 3.63) is 36.0 Å². The predicted molar refractivity (Wildman–Crippen MR) is 78.5 cm³/mol. The minimum Gasteiger partial charge on any atom is -0.392 e. The van der Waals surface area contributed by atoms with Crippen molar-refractivity contribution in [3.63, 3.8) is 0 Å². The Morgan fingerprint density at radius 2 is 2.25 bits per heavy atom. The van der Waals surface area contributed by atoms with Crippen molar-refractivity contribution in [1.29, 1.82) is 0 Å². The first-order valence-electron chi connectivity index (χ1n) is 6.99. The molecule has 0 spiro atoms. The number of carbonyl (C=O) groups is 1. The zero-order chi connectivity index (χ0) is 14.1. The highest BCUT2D eigenvalue weighted by Gasteiger charge is 2.31. The molecule has 1 heterocycles. The van der Waals surface area contributed by atoms with Crippen molar-refractivity contribution < 1.29 is 9.90 Å². The molecule has 1 aromatic heterocycles. The lowest BCUT2D eigenvalue weighted by Gasteiger charge is -2.15. The number of amides is 1. The van der Waals surface area contributed by atoms with E-state index in [1.807, 2.05) is 31.2 Å². The predicted octanol–water partition coefficient (Wildman–Crippen LogP) is 2.64. The molecule has 2 atom stereocenters. The van der Waals surface area contributed by atoms with Crippen LogP contribution in [0.25, 0.3) is 10.9 Å². The summed E-state index contributed by atoms with van der Waals surface area (Å²) in [5.41, 5.74) is 2.59. The van der Waals surface area contributed by atoms with Crippen LogP contribution in [-0.4, -0.2) is 22.1 Å². The topological polar surface area (TPSA) is 62.2 Å². The molecule has 0 radical (unpaired) electrons. The molecule has 2 N–H and O–H groups in total. The van der Waals surface area contributed by atoms with E-state index in [9.17, 15) is 9.90 Å². The van der Waals surface area contributed by atoms with E-state index in [0.29, 0.717) is 6.42 Å². The molecule has 20 heavy (non-hydrogen) atoms. The minimum atomic E-state index is -0.515. The largest absolute Gasteiger partial charge is 0.392 e. The van der Waals surface area contributed by atoms with Gasteiger partial charge in [-0.25, -0.2) is 0 Å². The molecule has 1 amide bonds. The summed E-state index contributed by atoms with van der Waals surface area (Å²) in [6.45, 7) is 1.99. The minimum absolute atomic E-state index is 0.104. The molecule has 0 bridgehead atoms. The molecule has 1 saturated carbocycles. The van der Waals surface area contributed by atoms with Crippen LogP contribution in [0.1, 0.15) is 24.8 Å². The lowest BCUT2D eigenvalue weighted by Crippen LogP contribution is -2.28. The molecule has 1 aliphatic rings. The molecule has 2 unspecified atom stereocenters. The van der Waals surface area contributed by atoms with Gasteiger partial charge in [0.05, 0.1) is 23.2 Å². The Labute approximate surface area is 117 Å². The van der Waals surface area contributed by atoms with Gasteiger partial charge >= 0.3 is 0 Å². The molecular weight excluding hydrogens is 252 g/mol. The van der Waals surface area contributed by atoms with Crippen LogP contribution in [0.15, 0.2) is 30.5 Å². The fourth-order valence-corrected chi connectivity index (χ4v) is 2.91. The van der Waals surface area contributed by atoms with Gasteiger partial charge in [0.15, 0.2) is 0 Å². The number of aliphatic hydroxyl groups excluding tert-OH is 1. The SMILES string of the molecule is Cc1cc(NC(=O)C2CCCC2O)c2ncccc2c1. The maximum atomic E-state index is 12.3. The molecule has 0 saturated heterocycles. The van der Waals surface area contributed by atoms with Gasteiger partial charge in [-0.1, -0.05) is 6.07 Å². The van der Waals surface area contributed by atoms with E-state index in [-0.39, 0.29) is 11.8 Å². The molecule has 1 aliphatic carbocycles. The van der Waals surface area contributed by atoms with Gasteiger partial charge in [0.1, 0.15) is 0 Å². The lowest BCUT2D eigenvalue weighted by molar-refractivity contribution is -0.122. The molecule has 0 aliphatic heterocycles. The van der Waals surface area contributed by atoms with E-state index in [1.165, 1.54) is 0 Å². The first-order valence-corrected chi connectivity index (χ1v) is 6.99. The summed E-state index contributed by atoms with van der Waals surface area (Å²) in [5.74, 6) is -0.401. The number of fused-ring (bicyclic) bond motifs is 1. The Hall–Kier alpha value is -1.94.